The van der Waals surface area contributed by atoms with Gasteiger partial charge in [0.1, 0.15) is 5.82 Å². The first-order valence-corrected chi connectivity index (χ1v) is 10.2. The molecule has 5 nitrogen and oxygen atoms in total. The van der Waals surface area contributed by atoms with Crippen LogP contribution in [0.15, 0.2) is 48.5 Å². The molecule has 4 rings (SSSR count). The lowest BCUT2D eigenvalue weighted by atomic mass is 9.97. The maximum absolute atomic E-state index is 12.7. The molecule has 0 bridgehead atoms. The third-order valence-electron chi connectivity index (χ3n) is 5.40. The van der Waals surface area contributed by atoms with Crippen LogP contribution in [0.1, 0.15) is 25.6 Å². The number of para-hydroxylation sites is 2. The molecule has 2 aromatic carbocycles. The number of aromatic nitrogens is 2. The molecule has 2 heterocycles. The van der Waals surface area contributed by atoms with Crippen molar-refractivity contribution in [3.63, 3.8) is 0 Å². The average molecular weight is 397 g/mol. The molecular formula is C22H25ClN4O. The highest BCUT2D eigenvalue weighted by molar-refractivity contribution is 6.30. The zero-order valence-electron chi connectivity index (χ0n) is 16.1. The molecule has 1 amide bonds. The van der Waals surface area contributed by atoms with E-state index in [0.717, 1.165) is 56.0 Å². The molecule has 0 spiro atoms. The quantitative estimate of drug-likeness (QED) is 0.687. The fourth-order valence-corrected chi connectivity index (χ4v) is 4.12. The molecule has 6 heteroatoms. The Balaban J connectivity index is 1.44. The van der Waals surface area contributed by atoms with Crippen molar-refractivity contribution in [1.82, 2.24) is 14.5 Å². The number of carbonyl (C=O) groups excluding carboxylic acids is 1. The van der Waals surface area contributed by atoms with E-state index in [2.05, 4.69) is 39.9 Å². The Morgan fingerprint density at radius 2 is 2.00 bits per heavy atom. The summed E-state index contributed by atoms with van der Waals surface area (Å²) in [7, 11) is 0. The van der Waals surface area contributed by atoms with Crippen molar-refractivity contribution in [2.45, 2.75) is 32.9 Å². The number of hydrogen-bond acceptors (Lipinski definition) is 3. The molecule has 0 aliphatic carbocycles. The first kappa shape index (κ1) is 19.0. The zero-order valence-corrected chi connectivity index (χ0v) is 16.8. The van der Waals surface area contributed by atoms with Gasteiger partial charge in [-0.15, -0.1) is 0 Å². The van der Waals surface area contributed by atoms with Crippen LogP contribution in [0, 0.1) is 5.92 Å². The van der Waals surface area contributed by atoms with Gasteiger partial charge >= 0.3 is 0 Å². The standard InChI is InChI=1S/C22H25ClN4O/c1-2-27-20-8-4-3-7-19(20)25-21(27)15-26-13-5-6-16(14-26)22(28)24-18-11-9-17(23)10-12-18/h3-4,7-12,16H,2,5-6,13-15H2,1H3,(H,24,28)/t16-/m0/s1. The van der Waals surface area contributed by atoms with E-state index in [1.807, 2.05) is 18.2 Å². The van der Waals surface area contributed by atoms with Crippen molar-refractivity contribution >= 4 is 34.2 Å². The first-order valence-electron chi connectivity index (χ1n) is 9.87. The van der Waals surface area contributed by atoms with Crippen LogP contribution in [0.5, 0.6) is 0 Å². The summed E-state index contributed by atoms with van der Waals surface area (Å²) in [6.45, 7) is 5.57. The van der Waals surface area contributed by atoms with Crippen LogP contribution >= 0.6 is 11.6 Å². The highest BCUT2D eigenvalue weighted by Crippen LogP contribution is 2.23. The van der Waals surface area contributed by atoms with Gasteiger partial charge in [0, 0.05) is 23.8 Å². The van der Waals surface area contributed by atoms with Gasteiger partial charge in [-0.3, -0.25) is 9.69 Å². The summed E-state index contributed by atoms with van der Waals surface area (Å²) in [5.41, 5.74) is 3.00. The zero-order chi connectivity index (χ0) is 19.5. The fraction of sp³-hybridized carbons (Fsp3) is 0.364. The number of rotatable bonds is 5. The molecule has 0 saturated carbocycles. The van der Waals surface area contributed by atoms with Crippen LogP contribution in [0.25, 0.3) is 11.0 Å². The van der Waals surface area contributed by atoms with E-state index in [1.54, 1.807) is 12.1 Å². The summed E-state index contributed by atoms with van der Waals surface area (Å²) in [6, 6.07) is 15.5. The molecule has 146 valence electrons. The lowest BCUT2D eigenvalue weighted by molar-refractivity contribution is -0.121. The largest absolute Gasteiger partial charge is 0.327 e. The highest BCUT2D eigenvalue weighted by atomic mass is 35.5. The van der Waals surface area contributed by atoms with Crippen LogP contribution in [0.3, 0.4) is 0 Å². The predicted octanol–water partition coefficient (Wildman–Crippen LogP) is 4.56. The van der Waals surface area contributed by atoms with Crippen molar-refractivity contribution in [3.05, 3.63) is 59.4 Å². The number of likely N-dealkylation sites (tertiary alicyclic amines) is 1. The average Bonchev–Trinajstić information content (AvgIpc) is 3.06. The van der Waals surface area contributed by atoms with E-state index in [9.17, 15) is 4.79 Å². The van der Waals surface area contributed by atoms with Crippen molar-refractivity contribution in [3.8, 4) is 0 Å². The molecule has 0 radical (unpaired) electrons. The monoisotopic (exact) mass is 396 g/mol. The minimum atomic E-state index is -0.0103. The van der Waals surface area contributed by atoms with Gasteiger partial charge in [0.2, 0.25) is 5.91 Å². The topological polar surface area (TPSA) is 50.2 Å². The molecule has 1 atom stereocenters. The Kier molecular flexibility index (Phi) is 5.64. The van der Waals surface area contributed by atoms with Crippen LogP contribution in [-0.2, 0) is 17.9 Å². The molecule has 1 aliphatic rings. The summed E-state index contributed by atoms with van der Waals surface area (Å²) in [5.74, 6) is 1.14. The number of imidazole rings is 1. The Hall–Kier alpha value is -2.37. The molecule has 28 heavy (non-hydrogen) atoms. The Morgan fingerprint density at radius 3 is 2.79 bits per heavy atom. The van der Waals surface area contributed by atoms with E-state index in [-0.39, 0.29) is 11.8 Å². The molecule has 1 fully saturated rings. The fourth-order valence-electron chi connectivity index (χ4n) is 3.99. The summed E-state index contributed by atoms with van der Waals surface area (Å²) in [5, 5.41) is 3.69. The van der Waals surface area contributed by atoms with Crippen molar-refractivity contribution < 1.29 is 4.79 Å². The molecule has 1 aromatic heterocycles. The minimum Gasteiger partial charge on any atom is -0.327 e. The number of amides is 1. The van der Waals surface area contributed by atoms with Crippen LogP contribution in [-0.4, -0.2) is 33.4 Å². The number of benzene rings is 2. The third-order valence-corrected chi connectivity index (χ3v) is 5.65. The number of nitrogens with zero attached hydrogens (tertiary/aromatic N) is 3. The van der Waals surface area contributed by atoms with Gasteiger partial charge in [0.05, 0.1) is 23.5 Å². The van der Waals surface area contributed by atoms with Crippen LogP contribution in [0.4, 0.5) is 5.69 Å². The molecular weight excluding hydrogens is 372 g/mol. The summed E-state index contributed by atoms with van der Waals surface area (Å²) >= 11 is 5.92. The number of fused-ring (bicyclic) bond motifs is 1. The van der Waals surface area contributed by atoms with Gasteiger partial charge in [-0.1, -0.05) is 23.7 Å². The molecule has 3 aromatic rings. The van der Waals surface area contributed by atoms with Gasteiger partial charge in [0.25, 0.3) is 0 Å². The van der Waals surface area contributed by atoms with Crippen LogP contribution in [0.2, 0.25) is 5.02 Å². The molecule has 1 aliphatic heterocycles. The molecule has 1 saturated heterocycles. The lowest BCUT2D eigenvalue weighted by Crippen LogP contribution is -2.40. The normalized spacial score (nSPS) is 17.7. The minimum absolute atomic E-state index is 0.0103. The number of anilines is 1. The number of carbonyl (C=O) groups is 1. The number of nitrogens with one attached hydrogen (secondary N) is 1. The summed E-state index contributed by atoms with van der Waals surface area (Å²) < 4.78 is 2.27. The summed E-state index contributed by atoms with van der Waals surface area (Å²) in [4.78, 5) is 19.9. The Morgan fingerprint density at radius 1 is 1.21 bits per heavy atom. The predicted molar refractivity (Wildman–Crippen MR) is 113 cm³/mol. The van der Waals surface area contributed by atoms with Gasteiger partial charge < -0.3 is 9.88 Å². The van der Waals surface area contributed by atoms with E-state index < -0.39 is 0 Å². The van der Waals surface area contributed by atoms with Gasteiger partial charge in [-0.2, -0.15) is 0 Å². The Bertz CT molecular complexity index is 966. The van der Waals surface area contributed by atoms with E-state index in [0.29, 0.717) is 5.02 Å². The second-order valence-electron chi connectivity index (χ2n) is 7.33. The maximum Gasteiger partial charge on any atom is 0.228 e. The van der Waals surface area contributed by atoms with Crippen molar-refractivity contribution in [1.29, 1.82) is 0 Å². The lowest BCUT2D eigenvalue weighted by Gasteiger charge is -2.31. The van der Waals surface area contributed by atoms with Gasteiger partial charge in [0.15, 0.2) is 0 Å². The smallest absolute Gasteiger partial charge is 0.228 e. The SMILES string of the molecule is CCn1c(CN2CCC[C@H](C(=O)Nc3ccc(Cl)cc3)C2)nc2ccccc21. The maximum atomic E-state index is 12.7. The number of aryl methyl sites for hydroxylation is 1. The first-order chi connectivity index (χ1) is 13.6. The Labute approximate surface area is 170 Å². The van der Waals surface area contributed by atoms with E-state index in [4.69, 9.17) is 16.6 Å². The third kappa shape index (κ3) is 4.05. The van der Waals surface area contributed by atoms with Gasteiger partial charge in [-0.25, -0.2) is 4.98 Å². The van der Waals surface area contributed by atoms with Crippen molar-refractivity contribution in [2.75, 3.05) is 18.4 Å². The second-order valence-corrected chi connectivity index (χ2v) is 7.77. The summed E-state index contributed by atoms with van der Waals surface area (Å²) in [6.07, 6.45) is 1.94. The second kappa shape index (κ2) is 8.33. The number of halogens is 1. The number of piperidine rings is 1. The van der Waals surface area contributed by atoms with E-state index in [1.165, 1.54) is 5.52 Å². The van der Waals surface area contributed by atoms with Gasteiger partial charge in [-0.05, 0) is 62.7 Å². The van der Waals surface area contributed by atoms with Crippen molar-refractivity contribution in [2.24, 2.45) is 5.92 Å². The van der Waals surface area contributed by atoms with E-state index >= 15 is 0 Å². The van der Waals surface area contributed by atoms with Crippen LogP contribution < -0.4 is 5.32 Å². The molecule has 1 N–H and O–H groups in total. The highest BCUT2D eigenvalue weighted by Gasteiger charge is 2.27. The number of hydrogen-bond donors (Lipinski definition) is 1. The molecule has 0 unspecified atom stereocenters.